The Morgan fingerprint density at radius 2 is 2.20 bits per heavy atom. The summed E-state index contributed by atoms with van der Waals surface area (Å²) in [5.74, 6) is 0.236. The molecule has 3 rings (SSSR count). The first-order valence-electron chi connectivity index (χ1n) is 8.38. The summed E-state index contributed by atoms with van der Waals surface area (Å²) in [5, 5.41) is 6.27. The van der Waals surface area contributed by atoms with E-state index in [1.54, 1.807) is 35.0 Å². The second kappa shape index (κ2) is 7.42. The van der Waals surface area contributed by atoms with Gasteiger partial charge in [-0.25, -0.2) is 10.1 Å². The van der Waals surface area contributed by atoms with Crippen molar-refractivity contribution in [3.8, 4) is 0 Å². The van der Waals surface area contributed by atoms with E-state index in [9.17, 15) is 14.4 Å². The maximum atomic E-state index is 12.6. The topological polar surface area (TPSA) is 101 Å². The lowest BCUT2D eigenvalue weighted by molar-refractivity contribution is -0.132. The fourth-order valence-corrected chi connectivity index (χ4v) is 3.11. The van der Waals surface area contributed by atoms with Crippen molar-refractivity contribution in [3.63, 3.8) is 0 Å². The summed E-state index contributed by atoms with van der Waals surface area (Å²) in [5.41, 5.74) is 0.410. The molecular formula is C17H21N5O3. The Morgan fingerprint density at radius 1 is 1.36 bits per heavy atom. The van der Waals surface area contributed by atoms with Gasteiger partial charge in [-0.1, -0.05) is 0 Å². The molecule has 1 N–H and O–H groups in total. The number of nitrogens with zero attached hydrogens (tertiary/aromatic N) is 4. The molecule has 8 nitrogen and oxygen atoms in total. The van der Waals surface area contributed by atoms with Gasteiger partial charge in [0.1, 0.15) is 0 Å². The van der Waals surface area contributed by atoms with Gasteiger partial charge in [-0.05, 0) is 18.9 Å². The Labute approximate surface area is 144 Å². The first-order valence-corrected chi connectivity index (χ1v) is 8.38. The van der Waals surface area contributed by atoms with Crippen molar-refractivity contribution < 1.29 is 9.59 Å². The summed E-state index contributed by atoms with van der Waals surface area (Å²) in [6.45, 7) is 1.10. The molecule has 1 saturated heterocycles. The van der Waals surface area contributed by atoms with Gasteiger partial charge in [0.25, 0.3) is 5.56 Å². The number of rotatable bonds is 5. The molecule has 0 radical (unpaired) electrons. The van der Waals surface area contributed by atoms with Crippen molar-refractivity contribution in [3.05, 3.63) is 46.4 Å². The molecule has 2 aromatic heterocycles. The van der Waals surface area contributed by atoms with Crippen molar-refractivity contribution in [1.82, 2.24) is 24.6 Å². The van der Waals surface area contributed by atoms with Crippen molar-refractivity contribution in [1.29, 1.82) is 0 Å². The Morgan fingerprint density at radius 3 is 2.88 bits per heavy atom. The number of imidazole rings is 1. The smallest absolute Gasteiger partial charge is 0.264 e. The van der Waals surface area contributed by atoms with Crippen molar-refractivity contribution >= 4 is 11.7 Å². The Hall–Kier alpha value is -2.77. The second-order valence-electron chi connectivity index (χ2n) is 6.32. The first kappa shape index (κ1) is 17.1. The fraction of sp³-hybridized carbons (Fsp3) is 0.471. The maximum Gasteiger partial charge on any atom is 0.264 e. The van der Waals surface area contributed by atoms with E-state index in [4.69, 9.17) is 0 Å². The number of likely N-dealkylation sites (tertiary alicyclic amines) is 1. The molecule has 132 valence electrons. The molecule has 1 aliphatic rings. The van der Waals surface area contributed by atoms with Gasteiger partial charge in [0.05, 0.1) is 5.69 Å². The summed E-state index contributed by atoms with van der Waals surface area (Å²) < 4.78 is 1.71. The molecule has 2 aromatic rings. The van der Waals surface area contributed by atoms with Crippen molar-refractivity contribution in [2.45, 2.75) is 25.7 Å². The molecule has 0 aromatic carbocycles. The molecule has 0 unspecified atom stereocenters. The Bertz CT molecular complexity index is 805. The quantitative estimate of drug-likeness (QED) is 0.799. The zero-order valence-electron chi connectivity index (χ0n) is 14.1. The highest BCUT2D eigenvalue weighted by atomic mass is 16.2. The molecule has 0 aliphatic carbocycles. The summed E-state index contributed by atoms with van der Waals surface area (Å²) in [7, 11) is 1.79. The average molecular weight is 343 g/mol. The number of aromatic nitrogens is 4. The molecule has 1 fully saturated rings. The normalized spacial score (nSPS) is 17.5. The van der Waals surface area contributed by atoms with Crippen molar-refractivity contribution in [2.75, 3.05) is 13.1 Å². The van der Waals surface area contributed by atoms with Crippen LogP contribution in [-0.2, 0) is 18.3 Å². The number of amides is 1. The monoisotopic (exact) mass is 343 g/mol. The van der Waals surface area contributed by atoms with E-state index in [-0.39, 0.29) is 23.2 Å². The van der Waals surface area contributed by atoms with Crippen LogP contribution in [0.2, 0.25) is 0 Å². The fourth-order valence-electron chi connectivity index (χ4n) is 3.11. The number of aromatic amines is 1. The SMILES string of the molecule is Cn1ccnc1C(=O)[C@H]1CCCN(C(=O)CCc2ccc(=O)[nH]n2)C1. The Kier molecular flexibility index (Phi) is 5.06. The minimum Gasteiger partial charge on any atom is -0.342 e. The molecule has 1 amide bonds. The van der Waals surface area contributed by atoms with Gasteiger partial charge in [-0.3, -0.25) is 14.4 Å². The number of H-pyrrole nitrogens is 1. The van der Waals surface area contributed by atoms with Crippen LogP contribution in [0.15, 0.2) is 29.3 Å². The van der Waals surface area contributed by atoms with Crippen LogP contribution in [0.1, 0.15) is 35.6 Å². The molecule has 25 heavy (non-hydrogen) atoms. The highest BCUT2D eigenvalue weighted by molar-refractivity contribution is 5.95. The van der Waals surface area contributed by atoms with Gasteiger partial charge in [0.15, 0.2) is 5.82 Å². The van der Waals surface area contributed by atoms with Gasteiger partial charge in [0.2, 0.25) is 11.7 Å². The maximum absolute atomic E-state index is 12.6. The van der Waals surface area contributed by atoms with E-state index >= 15 is 0 Å². The third-order valence-corrected chi connectivity index (χ3v) is 4.52. The van der Waals surface area contributed by atoms with Crippen LogP contribution in [0.4, 0.5) is 0 Å². The van der Waals surface area contributed by atoms with E-state index in [1.807, 2.05) is 0 Å². The third kappa shape index (κ3) is 4.01. The van der Waals surface area contributed by atoms with E-state index in [0.29, 0.717) is 37.4 Å². The molecular weight excluding hydrogens is 322 g/mol. The largest absolute Gasteiger partial charge is 0.342 e. The summed E-state index contributed by atoms with van der Waals surface area (Å²) in [6.07, 6.45) is 5.71. The van der Waals surface area contributed by atoms with Gasteiger partial charge in [-0.2, -0.15) is 5.10 Å². The van der Waals surface area contributed by atoms with Gasteiger partial charge in [0, 0.05) is 57.4 Å². The van der Waals surface area contributed by atoms with E-state index in [0.717, 1.165) is 12.8 Å². The highest BCUT2D eigenvalue weighted by Gasteiger charge is 2.30. The predicted octanol–water partition coefficient (Wildman–Crippen LogP) is 0.557. The van der Waals surface area contributed by atoms with Crippen LogP contribution in [0, 0.1) is 5.92 Å². The standard InChI is InChI=1S/C17H21N5O3/c1-21-10-8-18-17(21)16(25)12-3-2-9-22(11-12)15(24)7-5-13-4-6-14(23)20-19-13/h4,6,8,10,12H,2-3,5,7,9,11H2,1H3,(H,20,23)/t12-/m0/s1. The number of Topliss-reactive ketones (excluding diaryl/α,β-unsaturated/α-hetero) is 1. The molecule has 0 bridgehead atoms. The van der Waals surface area contributed by atoms with Crippen LogP contribution in [0.5, 0.6) is 0 Å². The van der Waals surface area contributed by atoms with Crippen LogP contribution < -0.4 is 5.56 Å². The zero-order chi connectivity index (χ0) is 17.8. The number of carbonyl (C=O) groups excluding carboxylic acids is 2. The minimum absolute atomic E-state index is 0.00494. The van der Waals surface area contributed by atoms with Gasteiger partial charge < -0.3 is 9.47 Å². The molecule has 1 aliphatic heterocycles. The summed E-state index contributed by atoms with van der Waals surface area (Å²) in [4.78, 5) is 41.9. The number of nitrogens with one attached hydrogen (secondary N) is 1. The third-order valence-electron chi connectivity index (χ3n) is 4.52. The van der Waals surface area contributed by atoms with E-state index < -0.39 is 0 Å². The lowest BCUT2D eigenvalue weighted by atomic mass is 9.93. The Balaban J connectivity index is 1.58. The summed E-state index contributed by atoms with van der Waals surface area (Å²) in [6, 6.07) is 3.02. The van der Waals surface area contributed by atoms with Crippen LogP contribution in [-0.4, -0.2) is 49.4 Å². The molecule has 0 spiro atoms. The number of carbonyl (C=O) groups is 2. The number of hydrogen-bond acceptors (Lipinski definition) is 5. The van der Waals surface area contributed by atoms with Crippen LogP contribution in [0.25, 0.3) is 0 Å². The predicted molar refractivity (Wildman–Crippen MR) is 90.0 cm³/mol. The lowest BCUT2D eigenvalue weighted by Gasteiger charge is -2.32. The van der Waals surface area contributed by atoms with Gasteiger partial charge >= 0.3 is 0 Å². The molecule has 1 atom stereocenters. The average Bonchev–Trinajstić information content (AvgIpc) is 3.06. The first-order chi connectivity index (χ1) is 12.0. The van der Waals surface area contributed by atoms with Gasteiger partial charge in [-0.15, -0.1) is 0 Å². The number of piperidine rings is 1. The minimum atomic E-state index is -0.262. The zero-order valence-corrected chi connectivity index (χ0v) is 14.1. The number of aryl methyl sites for hydroxylation is 2. The molecule has 0 saturated carbocycles. The lowest BCUT2D eigenvalue weighted by Crippen LogP contribution is -2.42. The van der Waals surface area contributed by atoms with Crippen LogP contribution >= 0.6 is 0 Å². The summed E-state index contributed by atoms with van der Waals surface area (Å²) >= 11 is 0. The van der Waals surface area contributed by atoms with E-state index in [2.05, 4.69) is 15.2 Å². The number of hydrogen-bond donors (Lipinski definition) is 1. The second-order valence-corrected chi connectivity index (χ2v) is 6.32. The molecule has 3 heterocycles. The van der Waals surface area contributed by atoms with Crippen molar-refractivity contribution in [2.24, 2.45) is 13.0 Å². The highest BCUT2D eigenvalue weighted by Crippen LogP contribution is 2.21. The molecule has 8 heteroatoms. The van der Waals surface area contributed by atoms with E-state index in [1.165, 1.54) is 6.07 Å². The van der Waals surface area contributed by atoms with Crippen LogP contribution in [0.3, 0.4) is 0 Å². The number of ketones is 1.